The van der Waals surface area contributed by atoms with Gasteiger partial charge in [-0.2, -0.15) is 13.2 Å². The summed E-state index contributed by atoms with van der Waals surface area (Å²) in [6, 6.07) is 14.6. The van der Waals surface area contributed by atoms with Crippen LogP contribution in [0.1, 0.15) is 21.5 Å². The number of carbonyl (C=O) groups excluding carboxylic acids is 1. The van der Waals surface area contributed by atoms with Gasteiger partial charge >= 0.3 is 6.18 Å². The summed E-state index contributed by atoms with van der Waals surface area (Å²) in [5.74, 6) is -0.678. The largest absolute Gasteiger partial charge is 0.416 e. The van der Waals surface area contributed by atoms with E-state index in [1.165, 1.54) is 29.0 Å². The molecule has 0 atom stereocenters. The smallest absolute Gasteiger partial charge is 0.322 e. The van der Waals surface area contributed by atoms with Crippen LogP contribution >= 0.6 is 11.6 Å². The number of nitrogens with zero attached hydrogens (tertiary/aromatic N) is 1. The van der Waals surface area contributed by atoms with Crippen molar-refractivity contribution < 1.29 is 18.0 Å². The quantitative estimate of drug-likeness (QED) is 0.675. The van der Waals surface area contributed by atoms with E-state index in [9.17, 15) is 22.8 Å². The molecule has 3 rings (SSSR count). The molecule has 0 saturated carbocycles. The predicted octanol–water partition coefficient (Wildman–Crippen LogP) is 4.82. The molecule has 0 aliphatic rings. The Hall–Kier alpha value is -3.06. The first-order valence-electron chi connectivity index (χ1n) is 8.16. The van der Waals surface area contributed by atoms with Crippen LogP contribution in [0.3, 0.4) is 0 Å². The number of pyridine rings is 1. The average molecular weight is 407 g/mol. The second kappa shape index (κ2) is 7.90. The lowest BCUT2D eigenvalue weighted by molar-refractivity contribution is -0.137. The van der Waals surface area contributed by atoms with Crippen molar-refractivity contribution in [1.82, 2.24) is 4.57 Å². The maximum atomic E-state index is 12.8. The van der Waals surface area contributed by atoms with E-state index in [-0.39, 0.29) is 22.8 Å². The zero-order chi connectivity index (χ0) is 20.3. The number of anilines is 1. The topological polar surface area (TPSA) is 51.1 Å². The van der Waals surface area contributed by atoms with Crippen molar-refractivity contribution in [1.29, 1.82) is 0 Å². The fourth-order valence-corrected chi connectivity index (χ4v) is 2.82. The lowest BCUT2D eigenvalue weighted by Gasteiger charge is -2.12. The monoisotopic (exact) mass is 406 g/mol. The third-order valence-electron chi connectivity index (χ3n) is 3.95. The van der Waals surface area contributed by atoms with E-state index in [2.05, 4.69) is 5.32 Å². The lowest BCUT2D eigenvalue weighted by atomic mass is 10.2. The van der Waals surface area contributed by atoms with Crippen LogP contribution in [0.25, 0.3) is 0 Å². The molecule has 1 heterocycles. The minimum atomic E-state index is -4.52. The third kappa shape index (κ3) is 4.61. The van der Waals surface area contributed by atoms with Crippen LogP contribution in [0.4, 0.5) is 18.9 Å². The molecule has 1 amide bonds. The summed E-state index contributed by atoms with van der Waals surface area (Å²) in [5.41, 5.74) is -0.482. The number of benzene rings is 2. The Morgan fingerprint density at radius 2 is 1.75 bits per heavy atom. The van der Waals surface area contributed by atoms with Gasteiger partial charge in [-0.25, -0.2) is 0 Å². The predicted molar refractivity (Wildman–Crippen MR) is 101 cm³/mol. The van der Waals surface area contributed by atoms with Crippen LogP contribution in [-0.2, 0) is 12.7 Å². The minimum absolute atomic E-state index is 0.0169. The Balaban J connectivity index is 1.87. The minimum Gasteiger partial charge on any atom is -0.322 e. The van der Waals surface area contributed by atoms with Gasteiger partial charge in [0, 0.05) is 11.9 Å². The number of alkyl halides is 3. The second-order valence-electron chi connectivity index (χ2n) is 6.03. The highest BCUT2D eigenvalue weighted by molar-refractivity contribution is 6.30. The van der Waals surface area contributed by atoms with Gasteiger partial charge in [0.25, 0.3) is 11.5 Å². The molecule has 0 spiro atoms. The first-order chi connectivity index (χ1) is 13.2. The summed E-state index contributed by atoms with van der Waals surface area (Å²) in [4.78, 5) is 24.7. The van der Waals surface area contributed by atoms with E-state index in [1.807, 2.05) is 30.3 Å². The number of hydrogen-bond donors (Lipinski definition) is 1. The Morgan fingerprint density at radius 1 is 1.04 bits per heavy atom. The normalized spacial score (nSPS) is 11.3. The first kappa shape index (κ1) is 19.7. The molecule has 0 aliphatic heterocycles. The van der Waals surface area contributed by atoms with E-state index >= 15 is 0 Å². The first-order valence-corrected chi connectivity index (χ1v) is 8.54. The van der Waals surface area contributed by atoms with Crippen molar-refractivity contribution in [3.63, 3.8) is 0 Å². The molecule has 1 aromatic heterocycles. The summed E-state index contributed by atoms with van der Waals surface area (Å²) in [6.45, 7) is 0.198. The number of nitrogens with one attached hydrogen (secondary N) is 1. The Kier molecular flexibility index (Phi) is 5.56. The van der Waals surface area contributed by atoms with Gasteiger partial charge in [-0.15, -0.1) is 0 Å². The van der Waals surface area contributed by atoms with E-state index in [0.717, 1.165) is 17.7 Å². The van der Waals surface area contributed by atoms with Gasteiger partial charge < -0.3 is 9.88 Å². The van der Waals surface area contributed by atoms with Gasteiger partial charge in [-0.1, -0.05) is 48.0 Å². The van der Waals surface area contributed by atoms with Gasteiger partial charge in [-0.3, -0.25) is 9.59 Å². The fourth-order valence-electron chi connectivity index (χ4n) is 2.60. The number of halogens is 4. The summed E-state index contributed by atoms with van der Waals surface area (Å²) in [7, 11) is 0. The summed E-state index contributed by atoms with van der Waals surface area (Å²) in [5, 5.41) is 2.24. The Morgan fingerprint density at radius 3 is 2.43 bits per heavy atom. The van der Waals surface area contributed by atoms with Gasteiger partial charge in [-0.05, 0) is 29.8 Å². The highest BCUT2D eigenvalue weighted by Gasteiger charge is 2.30. The molecule has 8 heteroatoms. The standard InChI is InChI=1S/C20H14ClF3N2O2/c21-17-9-14(12-26(19(17)28)11-13-5-2-1-3-6-13)18(27)25-16-8-4-7-15(10-16)20(22,23)24/h1-10,12H,11H2,(H,25,27). The van der Waals surface area contributed by atoms with E-state index in [1.54, 1.807) is 0 Å². The molecular formula is C20H14ClF3N2O2. The van der Waals surface area contributed by atoms with Crippen molar-refractivity contribution in [2.45, 2.75) is 12.7 Å². The lowest BCUT2D eigenvalue weighted by Crippen LogP contribution is -2.24. The zero-order valence-electron chi connectivity index (χ0n) is 14.3. The highest BCUT2D eigenvalue weighted by atomic mass is 35.5. The van der Waals surface area contributed by atoms with Crippen LogP contribution in [-0.4, -0.2) is 10.5 Å². The number of hydrogen-bond acceptors (Lipinski definition) is 2. The average Bonchev–Trinajstić information content (AvgIpc) is 2.65. The molecule has 0 radical (unpaired) electrons. The molecule has 28 heavy (non-hydrogen) atoms. The fraction of sp³-hybridized carbons (Fsp3) is 0.100. The van der Waals surface area contributed by atoms with Crippen molar-refractivity contribution in [2.24, 2.45) is 0 Å². The van der Waals surface area contributed by atoms with Gasteiger partial charge in [0.2, 0.25) is 0 Å². The van der Waals surface area contributed by atoms with Crippen molar-refractivity contribution in [3.05, 3.63) is 98.9 Å². The van der Waals surface area contributed by atoms with E-state index in [0.29, 0.717) is 0 Å². The maximum Gasteiger partial charge on any atom is 0.416 e. The maximum absolute atomic E-state index is 12.8. The second-order valence-corrected chi connectivity index (χ2v) is 6.44. The van der Waals surface area contributed by atoms with Gasteiger partial charge in [0.15, 0.2) is 0 Å². The SMILES string of the molecule is O=C(Nc1cccc(C(F)(F)F)c1)c1cc(Cl)c(=O)n(Cc2ccccc2)c1. The van der Waals surface area contributed by atoms with Crippen LogP contribution in [0, 0.1) is 0 Å². The number of carbonyl (C=O) groups is 1. The molecule has 0 aliphatic carbocycles. The van der Waals surface area contributed by atoms with Gasteiger partial charge in [0.05, 0.1) is 17.7 Å². The van der Waals surface area contributed by atoms with Crippen LogP contribution < -0.4 is 10.9 Å². The molecule has 0 unspecified atom stereocenters. The molecular weight excluding hydrogens is 393 g/mol. The van der Waals surface area contributed by atoms with Crippen molar-refractivity contribution in [3.8, 4) is 0 Å². The van der Waals surface area contributed by atoms with E-state index < -0.39 is 23.2 Å². The van der Waals surface area contributed by atoms with Crippen LogP contribution in [0.5, 0.6) is 0 Å². The van der Waals surface area contributed by atoms with E-state index in [4.69, 9.17) is 11.6 Å². The number of aromatic nitrogens is 1. The summed E-state index contributed by atoms with van der Waals surface area (Å²) in [6.07, 6.45) is -3.20. The Bertz CT molecular complexity index is 1060. The molecule has 0 bridgehead atoms. The summed E-state index contributed by atoms with van der Waals surface area (Å²) < 4.78 is 39.7. The zero-order valence-corrected chi connectivity index (χ0v) is 15.1. The summed E-state index contributed by atoms with van der Waals surface area (Å²) >= 11 is 5.96. The number of amides is 1. The molecule has 0 fully saturated rings. The molecule has 2 aromatic carbocycles. The number of rotatable bonds is 4. The molecule has 144 valence electrons. The third-order valence-corrected chi connectivity index (χ3v) is 4.22. The van der Waals surface area contributed by atoms with Crippen LogP contribution in [0.2, 0.25) is 5.02 Å². The molecule has 1 N–H and O–H groups in total. The Labute approximate surface area is 163 Å². The van der Waals surface area contributed by atoms with Crippen LogP contribution in [0.15, 0.2) is 71.7 Å². The van der Waals surface area contributed by atoms with Crippen molar-refractivity contribution in [2.75, 3.05) is 5.32 Å². The van der Waals surface area contributed by atoms with Crippen molar-refractivity contribution >= 4 is 23.2 Å². The van der Waals surface area contributed by atoms with Gasteiger partial charge in [0.1, 0.15) is 5.02 Å². The highest BCUT2D eigenvalue weighted by Crippen LogP contribution is 2.30. The molecule has 3 aromatic rings. The molecule has 4 nitrogen and oxygen atoms in total. The molecule has 0 saturated heterocycles.